The molecule has 7 heteroatoms. The number of carbonyl (C=O) groups is 1. The van der Waals surface area contributed by atoms with Gasteiger partial charge in [0.2, 0.25) is 5.91 Å². The number of hydrogen-bond donors (Lipinski definition) is 2. The van der Waals surface area contributed by atoms with E-state index in [2.05, 4.69) is 10.3 Å². The standard InChI is InChI=1S/C19H24N4O.2ClH/c20-18-13-2-1-3-14(18)11-15(10-13)19(24)22-16-4-6-17(7-5-16)23-9-8-21-12-23;;/h4-9,12-15,18H,1-3,10-11,20H2,(H,22,24);2*1H. The minimum Gasteiger partial charge on any atom is -0.327 e. The van der Waals surface area contributed by atoms with E-state index in [9.17, 15) is 4.79 Å². The van der Waals surface area contributed by atoms with Crippen molar-refractivity contribution in [2.45, 2.75) is 38.1 Å². The van der Waals surface area contributed by atoms with Crippen molar-refractivity contribution < 1.29 is 4.79 Å². The Morgan fingerprint density at radius 1 is 1.12 bits per heavy atom. The van der Waals surface area contributed by atoms with Crippen LogP contribution in [-0.4, -0.2) is 21.5 Å². The van der Waals surface area contributed by atoms with Crippen LogP contribution in [-0.2, 0) is 4.79 Å². The van der Waals surface area contributed by atoms with E-state index in [1.807, 2.05) is 35.0 Å². The summed E-state index contributed by atoms with van der Waals surface area (Å²) in [4.78, 5) is 16.7. The molecule has 3 N–H and O–H groups in total. The smallest absolute Gasteiger partial charge is 0.227 e. The molecule has 0 aliphatic heterocycles. The molecule has 1 amide bonds. The number of rotatable bonds is 3. The minimum atomic E-state index is 0. The Balaban J connectivity index is 0.00000121. The van der Waals surface area contributed by atoms with Gasteiger partial charge in [-0.05, 0) is 61.8 Å². The third-order valence-electron chi connectivity index (χ3n) is 5.72. The van der Waals surface area contributed by atoms with Crippen LogP contribution in [0.1, 0.15) is 32.1 Å². The second kappa shape index (κ2) is 8.89. The van der Waals surface area contributed by atoms with Gasteiger partial charge in [0.15, 0.2) is 0 Å². The lowest BCUT2D eigenvalue weighted by Crippen LogP contribution is -2.48. The third-order valence-corrected chi connectivity index (χ3v) is 5.72. The summed E-state index contributed by atoms with van der Waals surface area (Å²) in [5.41, 5.74) is 8.21. The second-order valence-corrected chi connectivity index (χ2v) is 7.20. The number of hydrogen-bond acceptors (Lipinski definition) is 3. The van der Waals surface area contributed by atoms with Gasteiger partial charge in [-0.3, -0.25) is 4.79 Å². The van der Waals surface area contributed by atoms with Gasteiger partial charge >= 0.3 is 0 Å². The van der Waals surface area contributed by atoms with Gasteiger partial charge in [0, 0.05) is 35.7 Å². The van der Waals surface area contributed by atoms with E-state index in [1.165, 1.54) is 19.3 Å². The van der Waals surface area contributed by atoms with E-state index in [0.29, 0.717) is 17.9 Å². The lowest BCUT2D eigenvalue weighted by Gasteiger charge is -2.43. The number of halogens is 2. The van der Waals surface area contributed by atoms with Crippen molar-refractivity contribution in [1.29, 1.82) is 0 Å². The Kier molecular flexibility index (Phi) is 7.09. The molecule has 1 aromatic carbocycles. The zero-order chi connectivity index (χ0) is 16.5. The highest BCUT2D eigenvalue weighted by Crippen LogP contribution is 2.42. The van der Waals surface area contributed by atoms with Crippen molar-refractivity contribution in [1.82, 2.24) is 9.55 Å². The number of nitrogens with two attached hydrogens (primary N) is 1. The predicted octanol–water partition coefficient (Wildman–Crippen LogP) is 3.81. The van der Waals surface area contributed by atoms with Crippen LogP contribution >= 0.6 is 24.8 Å². The molecule has 26 heavy (non-hydrogen) atoms. The molecule has 2 aliphatic carbocycles. The van der Waals surface area contributed by atoms with Crippen molar-refractivity contribution in [2.75, 3.05) is 5.32 Å². The Bertz CT molecular complexity index is 691. The quantitative estimate of drug-likeness (QED) is 0.827. The molecule has 0 radical (unpaired) electrons. The molecule has 2 unspecified atom stereocenters. The molecular formula is C19H26Cl2N4O. The molecule has 142 valence electrons. The summed E-state index contributed by atoms with van der Waals surface area (Å²) in [5.74, 6) is 1.30. The van der Waals surface area contributed by atoms with Gasteiger partial charge in [0.1, 0.15) is 0 Å². The first-order valence-corrected chi connectivity index (χ1v) is 8.85. The Morgan fingerprint density at radius 3 is 2.35 bits per heavy atom. The first-order valence-electron chi connectivity index (χ1n) is 8.85. The molecule has 1 heterocycles. The van der Waals surface area contributed by atoms with Crippen LogP contribution in [0.2, 0.25) is 0 Å². The summed E-state index contributed by atoms with van der Waals surface area (Å²) in [5, 5.41) is 3.08. The molecule has 2 atom stereocenters. The van der Waals surface area contributed by atoms with E-state index < -0.39 is 0 Å². The van der Waals surface area contributed by atoms with Crippen LogP contribution in [0.25, 0.3) is 5.69 Å². The van der Waals surface area contributed by atoms with Crippen molar-refractivity contribution in [3.8, 4) is 5.69 Å². The summed E-state index contributed by atoms with van der Waals surface area (Å²) < 4.78 is 1.94. The first kappa shape index (κ1) is 20.7. The summed E-state index contributed by atoms with van der Waals surface area (Å²) in [6.07, 6.45) is 10.9. The number of nitrogens with zero attached hydrogens (tertiary/aromatic N) is 2. The molecule has 2 aliphatic rings. The van der Waals surface area contributed by atoms with Gasteiger partial charge in [-0.2, -0.15) is 0 Å². The van der Waals surface area contributed by atoms with E-state index in [0.717, 1.165) is 24.2 Å². The molecule has 2 fully saturated rings. The monoisotopic (exact) mass is 396 g/mol. The molecular weight excluding hydrogens is 371 g/mol. The molecule has 0 saturated heterocycles. The minimum absolute atomic E-state index is 0. The van der Waals surface area contributed by atoms with Gasteiger partial charge in [0.05, 0.1) is 6.33 Å². The number of carbonyl (C=O) groups excluding carboxylic acids is 1. The number of imidazole rings is 1. The van der Waals surface area contributed by atoms with Crippen LogP contribution < -0.4 is 11.1 Å². The second-order valence-electron chi connectivity index (χ2n) is 7.20. The van der Waals surface area contributed by atoms with E-state index in [1.54, 1.807) is 12.5 Å². The maximum absolute atomic E-state index is 12.7. The number of nitrogens with one attached hydrogen (secondary N) is 1. The van der Waals surface area contributed by atoms with Crippen molar-refractivity contribution in [3.63, 3.8) is 0 Å². The summed E-state index contributed by atoms with van der Waals surface area (Å²) >= 11 is 0. The fourth-order valence-corrected chi connectivity index (χ4v) is 4.38. The van der Waals surface area contributed by atoms with E-state index in [4.69, 9.17) is 5.73 Å². The van der Waals surface area contributed by atoms with Gasteiger partial charge in [0.25, 0.3) is 0 Å². The topological polar surface area (TPSA) is 72.9 Å². The largest absolute Gasteiger partial charge is 0.327 e. The van der Waals surface area contributed by atoms with Crippen molar-refractivity contribution in [3.05, 3.63) is 43.0 Å². The molecule has 0 spiro atoms. The van der Waals surface area contributed by atoms with E-state index >= 15 is 0 Å². The lowest BCUT2D eigenvalue weighted by atomic mass is 9.65. The zero-order valence-corrected chi connectivity index (χ0v) is 16.2. The molecule has 5 nitrogen and oxygen atoms in total. The van der Waals surface area contributed by atoms with Crippen LogP contribution in [0.4, 0.5) is 5.69 Å². The predicted molar refractivity (Wildman–Crippen MR) is 108 cm³/mol. The lowest BCUT2D eigenvalue weighted by molar-refractivity contribution is -0.122. The summed E-state index contributed by atoms with van der Waals surface area (Å²) in [6.45, 7) is 0. The van der Waals surface area contributed by atoms with Crippen molar-refractivity contribution in [2.24, 2.45) is 23.5 Å². The number of fused-ring (bicyclic) bond motifs is 2. The normalized spacial score (nSPS) is 27.0. The highest BCUT2D eigenvalue weighted by Gasteiger charge is 2.40. The molecule has 4 rings (SSSR count). The van der Waals surface area contributed by atoms with Crippen LogP contribution in [0.3, 0.4) is 0 Å². The molecule has 2 saturated carbocycles. The number of benzene rings is 1. The SMILES string of the molecule is Cl.Cl.NC1C2CCCC1CC(C(=O)Nc1ccc(-n3ccnc3)cc1)C2. The highest BCUT2D eigenvalue weighted by atomic mass is 35.5. The Morgan fingerprint density at radius 2 is 1.77 bits per heavy atom. The number of aromatic nitrogens is 2. The summed E-state index contributed by atoms with van der Waals surface area (Å²) in [6, 6.07) is 8.17. The zero-order valence-electron chi connectivity index (χ0n) is 14.6. The average molecular weight is 397 g/mol. The van der Waals surface area contributed by atoms with Crippen LogP contribution in [0.15, 0.2) is 43.0 Å². The highest BCUT2D eigenvalue weighted by molar-refractivity contribution is 5.92. The van der Waals surface area contributed by atoms with Gasteiger partial charge in [-0.15, -0.1) is 24.8 Å². The first-order chi connectivity index (χ1) is 11.7. The van der Waals surface area contributed by atoms with Crippen LogP contribution in [0, 0.1) is 17.8 Å². The van der Waals surface area contributed by atoms with Gasteiger partial charge in [-0.1, -0.05) is 6.42 Å². The number of anilines is 1. The van der Waals surface area contributed by atoms with Gasteiger partial charge < -0.3 is 15.6 Å². The fraction of sp³-hybridized carbons (Fsp3) is 0.474. The fourth-order valence-electron chi connectivity index (χ4n) is 4.38. The molecule has 2 aromatic rings. The Labute approximate surface area is 166 Å². The van der Waals surface area contributed by atoms with Gasteiger partial charge in [-0.25, -0.2) is 4.98 Å². The molecule has 2 bridgehead atoms. The summed E-state index contributed by atoms with van der Waals surface area (Å²) in [7, 11) is 0. The average Bonchev–Trinajstić information content (AvgIpc) is 3.09. The van der Waals surface area contributed by atoms with Crippen LogP contribution in [0.5, 0.6) is 0 Å². The van der Waals surface area contributed by atoms with E-state index in [-0.39, 0.29) is 36.6 Å². The Hall–Kier alpha value is -1.56. The maximum Gasteiger partial charge on any atom is 0.227 e. The maximum atomic E-state index is 12.7. The third kappa shape index (κ3) is 4.22. The van der Waals surface area contributed by atoms with Crippen molar-refractivity contribution >= 4 is 36.4 Å². The number of amides is 1. The molecule has 1 aromatic heterocycles.